The maximum atomic E-state index is 15.7. The number of nitrogens with zero attached hydrogens (tertiary/aromatic N) is 2. The molecule has 1 heterocycles. The van der Waals surface area contributed by atoms with E-state index in [2.05, 4.69) is 10.8 Å². The van der Waals surface area contributed by atoms with Gasteiger partial charge in [-0.05, 0) is 55.4 Å². The van der Waals surface area contributed by atoms with Crippen LogP contribution in [0, 0.1) is 33.8 Å². The number of halogens is 3. The lowest BCUT2D eigenvalue weighted by atomic mass is 9.91. The third-order valence-corrected chi connectivity index (χ3v) is 8.43. The number of amides is 1. The van der Waals surface area contributed by atoms with Crippen LogP contribution in [0.4, 0.5) is 13.2 Å². The largest absolute Gasteiger partial charge is 0.336 e. The van der Waals surface area contributed by atoms with Crippen LogP contribution >= 0.6 is 0 Å². The van der Waals surface area contributed by atoms with Gasteiger partial charge < -0.3 is 4.90 Å². The molecule has 1 spiro atoms. The summed E-state index contributed by atoms with van der Waals surface area (Å²) in [7, 11) is -4.29. The maximum Gasteiger partial charge on any atom is 0.243 e. The summed E-state index contributed by atoms with van der Waals surface area (Å²) >= 11 is 0. The lowest BCUT2D eigenvalue weighted by Gasteiger charge is -2.30. The first-order valence-electron chi connectivity index (χ1n) is 11.5. The maximum absolute atomic E-state index is 15.7. The second-order valence-corrected chi connectivity index (χ2v) is 11.6. The molecular formula is C25H24F3N3O3S. The van der Waals surface area contributed by atoms with Gasteiger partial charge in [-0.15, -0.1) is 0 Å². The first kappa shape index (κ1) is 23.8. The fourth-order valence-electron chi connectivity index (χ4n) is 5.27. The molecule has 2 atom stereocenters. The standard InChI is InChI=1S/C25H24F3N3O3S/c26-15-35(33,34)30-22-20(31(14-25(22)8-9-25)23(32)24(13-29)6-7-24)11-17-10-18(27)12-19(21(17)28)16-4-2-1-3-5-16/h1-5,10,12,20,22,30H,6-9,11,14-15H2/t20-,22+/m0/s1. The van der Waals surface area contributed by atoms with Gasteiger partial charge in [0, 0.05) is 23.6 Å². The second-order valence-electron chi connectivity index (χ2n) is 9.87. The average Bonchev–Trinajstić information content (AvgIpc) is 3.77. The number of alkyl halides is 1. The van der Waals surface area contributed by atoms with Gasteiger partial charge in [-0.1, -0.05) is 30.3 Å². The van der Waals surface area contributed by atoms with E-state index in [-0.39, 0.29) is 24.1 Å². The Balaban J connectivity index is 1.56. The predicted octanol–water partition coefficient (Wildman–Crippen LogP) is 3.68. The van der Waals surface area contributed by atoms with Crippen LogP contribution < -0.4 is 4.72 Å². The first-order valence-corrected chi connectivity index (χ1v) is 13.1. The third-order valence-electron chi connectivity index (χ3n) is 7.53. The Morgan fingerprint density at radius 3 is 2.40 bits per heavy atom. The Labute approximate surface area is 201 Å². The number of sulfonamides is 1. The monoisotopic (exact) mass is 503 g/mol. The van der Waals surface area contributed by atoms with E-state index in [1.54, 1.807) is 30.3 Å². The Morgan fingerprint density at radius 2 is 1.83 bits per heavy atom. The van der Waals surface area contributed by atoms with Gasteiger partial charge >= 0.3 is 0 Å². The summed E-state index contributed by atoms with van der Waals surface area (Å²) in [5.41, 5.74) is -1.28. The minimum Gasteiger partial charge on any atom is -0.336 e. The van der Waals surface area contributed by atoms with E-state index in [1.165, 1.54) is 4.90 Å². The van der Waals surface area contributed by atoms with Gasteiger partial charge in [0.1, 0.15) is 17.0 Å². The minimum atomic E-state index is -4.29. The Morgan fingerprint density at radius 1 is 1.14 bits per heavy atom. The zero-order chi connectivity index (χ0) is 25.0. The molecule has 6 nitrogen and oxygen atoms in total. The summed E-state index contributed by atoms with van der Waals surface area (Å²) in [6.07, 6.45) is 1.82. The van der Waals surface area contributed by atoms with Crippen molar-refractivity contribution in [3.05, 3.63) is 59.7 Å². The van der Waals surface area contributed by atoms with Gasteiger partial charge in [0.2, 0.25) is 21.9 Å². The SMILES string of the molecule is N#CC1(C(=O)N2CC3(CC3)[C@H](NS(=O)(=O)CF)[C@@H]2Cc2cc(F)cc(-c3ccccc3)c2F)CC1. The van der Waals surface area contributed by atoms with Crippen LogP contribution in [0.15, 0.2) is 42.5 Å². The summed E-state index contributed by atoms with van der Waals surface area (Å²) in [6, 6.07) is 9.25. The molecule has 0 bridgehead atoms. The fourth-order valence-corrected chi connectivity index (χ4v) is 6.13. The van der Waals surface area contributed by atoms with Crippen LogP contribution in [0.2, 0.25) is 0 Å². The number of hydrogen-bond donors (Lipinski definition) is 1. The molecule has 2 aliphatic carbocycles. The number of rotatable bonds is 7. The molecule has 1 amide bonds. The second kappa shape index (κ2) is 8.35. The molecule has 1 N–H and O–H groups in total. The van der Waals surface area contributed by atoms with Crippen molar-refractivity contribution in [2.24, 2.45) is 10.8 Å². The van der Waals surface area contributed by atoms with Gasteiger partial charge in [0.15, 0.2) is 0 Å². The van der Waals surface area contributed by atoms with Gasteiger partial charge in [-0.2, -0.15) is 5.26 Å². The number of carbonyl (C=O) groups excluding carboxylic acids is 1. The number of hydrogen-bond acceptors (Lipinski definition) is 4. The molecule has 3 aliphatic rings. The summed E-state index contributed by atoms with van der Waals surface area (Å²) in [4.78, 5) is 14.8. The third kappa shape index (κ3) is 4.21. The average molecular weight is 504 g/mol. The highest BCUT2D eigenvalue weighted by Crippen LogP contribution is 2.58. The number of benzene rings is 2. The van der Waals surface area contributed by atoms with E-state index >= 15 is 4.39 Å². The van der Waals surface area contributed by atoms with Crippen LogP contribution in [0.5, 0.6) is 0 Å². The van der Waals surface area contributed by atoms with E-state index in [9.17, 15) is 27.3 Å². The lowest BCUT2D eigenvalue weighted by Crippen LogP contribution is -2.51. The van der Waals surface area contributed by atoms with E-state index in [4.69, 9.17) is 0 Å². The molecule has 0 unspecified atom stereocenters. The van der Waals surface area contributed by atoms with Crippen molar-refractivity contribution in [2.75, 3.05) is 12.6 Å². The van der Waals surface area contributed by atoms with E-state index in [1.807, 2.05) is 0 Å². The van der Waals surface area contributed by atoms with Crippen LogP contribution in [-0.2, 0) is 21.2 Å². The van der Waals surface area contributed by atoms with Crippen molar-refractivity contribution in [1.29, 1.82) is 5.26 Å². The molecule has 0 aromatic heterocycles. The molecular weight excluding hydrogens is 479 g/mol. The van der Waals surface area contributed by atoms with Crippen molar-refractivity contribution in [1.82, 2.24) is 9.62 Å². The van der Waals surface area contributed by atoms with Crippen LogP contribution in [0.1, 0.15) is 31.2 Å². The van der Waals surface area contributed by atoms with Gasteiger partial charge in [0.05, 0.1) is 12.1 Å². The molecule has 1 saturated heterocycles. The molecule has 184 valence electrons. The highest BCUT2D eigenvalue weighted by atomic mass is 32.2. The van der Waals surface area contributed by atoms with Gasteiger partial charge in [-0.3, -0.25) is 4.79 Å². The van der Waals surface area contributed by atoms with Crippen molar-refractivity contribution in [2.45, 2.75) is 44.2 Å². The summed E-state index contributed by atoms with van der Waals surface area (Å²) < 4.78 is 70.3. The summed E-state index contributed by atoms with van der Waals surface area (Å²) in [5.74, 6) is -1.78. The van der Waals surface area contributed by atoms with Gasteiger partial charge in [-0.25, -0.2) is 26.3 Å². The zero-order valence-electron chi connectivity index (χ0n) is 18.8. The van der Waals surface area contributed by atoms with Gasteiger partial charge in [0.25, 0.3) is 0 Å². The Kier molecular flexibility index (Phi) is 5.68. The molecule has 35 heavy (non-hydrogen) atoms. The summed E-state index contributed by atoms with van der Waals surface area (Å²) in [6.45, 7) is 0.182. The molecule has 2 aromatic rings. The molecule has 1 aliphatic heterocycles. The van der Waals surface area contributed by atoms with Crippen LogP contribution in [0.25, 0.3) is 11.1 Å². The Hall–Kier alpha value is -2.90. The smallest absolute Gasteiger partial charge is 0.243 e. The summed E-state index contributed by atoms with van der Waals surface area (Å²) in [5, 5.41) is 9.57. The van der Waals surface area contributed by atoms with Crippen LogP contribution in [-0.4, -0.2) is 43.9 Å². The van der Waals surface area contributed by atoms with E-state index < -0.39 is 56.5 Å². The topological polar surface area (TPSA) is 90.3 Å². The minimum absolute atomic E-state index is 0.0180. The van der Waals surface area contributed by atoms with Crippen LogP contribution in [0.3, 0.4) is 0 Å². The van der Waals surface area contributed by atoms with Crippen molar-refractivity contribution in [3.63, 3.8) is 0 Å². The highest BCUT2D eigenvalue weighted by Gasteiger charge is 2.64. The molecule has 2 aromatic carbocycles. The fraction of sp³-hybridized carbons (Fsp3) is 0.440. The number of nitrogens with one attached hydrogen (secondary N) is 1. The number of nitriles is 1. The number of likely N-dealkylation sites (tertiary alicyclic amines) is 1. The molecule has 0 radical (unpaired) electrons. The zero-order valence-corrected chi connectivity index (χ0v) is 19.6. The molecule has 10 heteroatoms. The number of carbonyl (C=O) groups is 1. The van der Waals surface area contributed by atoms with E-state index in [0.717, 1.165) is 12.1 Å². The van der Waals surface area contributed by atoms with Crippen molar-refractivity contribution < 1.29 is 26.4 Å². The van der Waals surface area contributed by atoms with Crippen molar-refractivity contribution in [3.8, 4) is 17.2 Å². The molecule has 3 fully saturated rings. The predicted molar refractivity (Wildman–Crippen MR) is 122 cm³/mol. The highest BCUT2D eigenvalue weighted by molar-refractivity contribution is 7.89. The molecule has 2 saturated carbocycles. The van der Waals surface area contributed by atoms with E-state index in [0.29, 0.717) is 31.2 Å². The van der Waals surface area contributed by atoms with Crippen molar-refractivity contribution >= 4 is 15.9 Å². The Bertz CT molecular complexity index is 1320. The first-order chi connectivity index (χ1) is 16.6. The lowest BCUT2D eigenvalue weighted by molar-refractivity contribution is -0.136. The quantitative estimate of drug-likeness (QED) is 0.624. The molecule has 5 rings (SSSR count). The normalized spacial score (nSPS) is 23.8.